The molecule has 138 valence electrons. The quantitative estimate of drug-likeness (QED) is 0.836. The van der Waals surface area contributed by atoms with E-state index < -0.39 is 0 Å². The third kappa shape index (κ3) is 3.86. The first-order valence-corrected chi connectivity index (χ1v) is 8.75. The number of aryl methyl sites for hydroxylation is 1. The Kier molecular flexibility index (Phi) is 5.54. The molecule has 1 aliphatic heterocycles. The first-order valence-electron chi connectivity index (χ1n) is 8.75. The molecule has 1 fully saturated rings. The molecule has 0 spiro atoms. The first-order chi connectivity index (χ1) is 12.5. The van der Waals surface area contributed by atoms with E-state index in [1.54, 1.807) is 19.1 Å². The standard InChI is InChI=1S/C20H24N2O4/c1-13-10-19(15(3)23)14(2)22(13)17-6-4-16(5-7-17)20(24)21-11-18-12-25-8-9-26-18/h4-7,10,18H,8-9,11-12H2,1-3H3,(H,21,24). The zero-order valence-electron chi connectivity index (χ0n) is 15.4. The number of ketones is 1. The molecule has 26 heavy (non-hydrogen) atoms. The molecule has 2 aromatic rings. The second-order valence-electron chi connectivity index (χ2n) is 6.50. The normalized spacial score (nSPS) is 17.1. The molecule has 1 aromatic carbocycles. The van der Waals surface area contributed by atoms with Crippen LogP contribution in [0.15, 0.2) is 30.3 Å². The van der Waals surface area contributed by atoms with Crippen molar-refractivity contribution in [3.05, 3.63) is 52.8 Å². The summed E-state index contributed by atoms with van der Waals surface area (Å²) in [5.74, 6) is -0.0923. The van der Waals surface area contributed by atoms with E-state index in [4.69, 9.17) is 9.47 Å². The van der Waals surface area contributed by atoms with Gasteiger partial charge < -0.3 is 19.4 Å². The van der Waals surface area contributed by atoms with Gasteiger partial charge in [-0.05, 0) is 51.1 Å². The molecule has 1 aromatic heterocycles. The van der Waals surface area contributed by atoms with Crippen molar-refractivity contribution >= 4 is 11.7 Å². The van der Waals surface area contributed by atoms with Crippen molar-refractivity contribution in [3.63, 3.8) is 0 Å². The molecule has 2 heterocycles. The molecule has 1 amide bonds. The van der Waals surface area contributed by atoms with Gasteiger partial charge in [0, 0.05) is 34.7 Å². The summed E-state index contributed by atoms with van der Waals surface area (Å²) in [6.45, 7) is 7.56. The Balaban J connectivity index is 1.70. The highest BCUT2D eigenvalue weighted by Crippen LogP contribution is 2.21. The molecule has 1 unspecified atom stereocenters. The Morgan fingerprint density at radius 2 is 1.92 bits per heavy atom. The molecule has 1 atom stereocenters. The van der Waals surface area contributed by atoms with E-state index in [1.165, 1.54) is 0 Å². The van der Waals surface area contributed by atoms with Crippen molar-refractivity contribution < 1.29 is 19.1 Å². The van der Waals surface area contributed by atoms with Crippen molar-refractivity contribution in [2.75, 3.05) is 26.4 Å². The number of hydrogen-bond acceptors (Lipinski definition) is 4. The average molecular weight is 356 g/mol. The fourth-order valence-corrected chi connectivity index (χ4v) is 3.24. The van der Waals surface area contributed by atoms with Gasteiger partial charge >= 0.3 is 0 Å². The lowest BCUT2D eigenvalue weighted by Gasteiger charge is -2.23. The van der Waals surface area contributed by atoms with Crippen LogP contribution in [0.4, 0.5) is 0 Å². The maximum absolute atomic E-state index is 12.3. The SMILES string of the molecule is CC(=O)c1cc(C)n(-c2ccc(C(=O)NCC3COCCO3)cc2)c1C. The number of amides is 1. The van der Waals surface area contributed by atoms with E-state index in [9.17, 15) is 9.59 Å². The smallest absolute Gasteiger partial charge is 0.251 e. The summed E-state index contributed by atoms with van der Waals surface area (Å²) in [5.41, 5.74) is 4.12. The van der Waals surface area contributed by atoms with Crippen LogP contribution in [0.2, 0.25) is 0 Å². The second kappa shape index (κ2) is 7.85. The Morgan fingerprint density at radius 3 is 2.50 bits per heavy atom. The topological polar surface area (TPSA) is 69.6 Å². The summed E-state index contributed by atoms with van der Waals surface area (Å²) >= 11 is 0. The van der Waals surface area contributed by atoms with Crippen LogP contribution in [-0.2, 0) is 9.47 Å². The number of benzene rings is 1. The summed E-state index contributed by atoms with van der Waals surface area (Å²) in [7, 11) is 0. The molecule has 3 rings (SSSR count). The molecular weight excluding hydrogens is 332 g/mol. The summed E-state index contributed by atoms with van der Waals surface area (Å²) in [6, 6.07) is 9.24. The third-order valence-corrected chi connectivity index (χ3v) is 4.57. The summed E-state index contributed by atoms with van der Waals surface area (Å²) in [5, 5.41) is 2.87. The van der Waals surface area contributed by atoms with Gasteiger partial charge in [-0.25, -0.2) is 0 Å². The van der Waals surface area contributed by atoms with Crippen LogP contribution in [0.3, 0.4) is 0 Å². The lowest BCUT2D eigenvalue weighted by Crippen LogP contribution is -2.39. The van der Waals surface area contributed by atoms with Crippen LogP contribution in [0.1, 0.15) is 39.0 Å². The van der Waals surface area contributed by atoms with Gasteiger partial charge in [-0.2, -0.15) is 0 Å². The molecular formula is C20H24N2O4. The Bertz CT molecular complexity index is 802. The number of carbonyl (C=O) groups is 2. The molecule has 6 nitrogen and oxygen atoms in total. The van der Waals surface area contributed by atoms with Crippen LogP contribution < -0.4 is 5.32 Å². The predicted octanol–water partition coefficient (Wildman–Crippen LogP) is 2.44. The number of rotatable bonds is 5. The van der Waals surface area contributed by atoms with Gasteiger partial charge in [0.05, 0.1) is 25.9 Å². The van der Waals surface area contributed by atoms with Gasteiger partial charge in [-0.1, -0.05) is 0 Å². The van der Waals surface area contributed by atoms with E-state index in [1.807, 2.05) is 36.6 Å². The summed E-state index contributed by atoms with van der Waals surface area (Å²) in [4.78, 5) is 24.0. The number of nitrogens with one attached hydrogen (secondary N) is 1. The highest BCUT2D eigenvalue weighted by atomic mass is 16.6. The zero-order chi connectivity index (χ0) is 18.7. The average Bonchev–Trinajstić information content (AvgIpc) is 2.95. The Morgan fingerprint density at radius 1 is 1.19 bits per heavy atom. The van der Waals surface area contributed by atoms with Crippen LogP contribution in [-0.4, -0.2) is 48.7 Å². The molecule has 0 saturated carbocycles. The maximum atomic E-state index is 12.3. The lowest BCUT2D eigenvalue weighted by molar-refractivity contribution is -0.0855. The summed E-state index contributed by atoms with van der Waals surface area (Å²) < 4.78 is 12.9. The maximum Gasteiger partial charge on any atom is 0.251 e. The third-order valence-electron chi connectivity index (χ3n) is 4.57. The number of aromatic nitrogens is 1. The van der Waals surface area contributed by atoms with Crippen LogP contribution >= 0.6 is 0 Å². The molecule has 0 bridgehead atoms. The number of ether oxygens (including phenoxy) is 2. The van der Waals surface area contributed by atoms with Crippen LogP contribution in [0.25, 0.3) is 5.69 Å². The van der Waals surface area contributed by atoms with Gasteiger partial charge in [0.2, 0.25) is 0 Å². The van der Waals surface area contributed by atoms with E-state index in [0.29, 0.717) is 31.9 Å². The van der Waals surface area contributed by atoms with Crippen molar-refractivity contribution in [2.45, 2.75) is 26.9 Å². The number of nitrogens with zero attached hydrogens (tertiary/aromatic N) is 1. The lowest BCUT2D eigenvalue weighted by atomic mass is 10.1. The zero-order valence-corrected chi connectivity index (χ0v) is 15.4. The molecule has 0 radical (unpaired) electrons. The van der Waals surface area contributed by atoms with E-state index in [2.05, 4.69) is 5.32 Å². The van der Waals surface area contributed by atoms with Crippen molar-refractivity contribution in [1.29, 1.82) is 0 Å². The molecule has 1 saturated heterocycles. The monoisotopic (exact) mass is 356 g/mol. The van der Waals surface area contributed by atoms with E-state index in [-0.39, 0.29) is 17.8 Å². The van der Waals surface area contributed by atoms with E-state index in [0.717, 1.165) is 22.6 Å². The highest BCUT2D eigenvalue weighted by Gasteiger charge is 2.17. The minimum atomic E-state index is -0.143. The molecule has 1 N–H and O–H groups in total. The highest BCUT2D eigenvalue weighted by molar-refractivity contribution is 5.96. The van der Waals surface area contributed by atoms with Crippen molar-refractivity contribution in [1.82, 2.24) is 9.88 Å². The van der Waals surface area contributed by atoms with E-state index >= 15 is 0 Å². The second-order valence-corrected chi connectivity index (χ2v) is 6.50. The summed E-state index contributed by atoms with van der Waals surface area (Å²) in [6.07, 6.45) is -0.0952. The number of hydrogen-bond donors (Lipinski definition) is 1. The molecule has 0 aliphatic carbocycles. The fraction of sp³-hybridized carbons (Fsp3) is 0.400. The van der Waals surface area contributed by atoms with Gasteiger partial charge in [0.25, 0.3) is 5.91 Å². The predicted molar refractivity (Wildman–Crippen MR) is 98.1 cm³/mol. The largest absolute Gasteiger partial charge is 0.376 e. The van der Waals surface area contributed by atoms with Crippen molar-refractivity contribution in [3.8, 4) is 5.69 Å². The number of carbonyl (C=O) groups excluding carboxylic acids is 2. The minimum absolute atomic E-state index is 0.0502. The molecule has 1 aliphatic rings. The van der Waals surface area contributed by atoms with Gasteiger partial charge in [0.15, 0.2) is 5.78 Å². The first kappa shape index (κ1) is 18.4. The van der Waals surface area contributed by atoms with Crippen LogP contribution in [0.5, 0.6) is 0 Å². The van der Waals surface area contributed by atoms with Crippen molar-refractivity contribution in [2.24, 2.45) is 0 Å². The Labute approximate surface area is 153 Å². The fourth-order valence-electron chi connectivity index (χ4n) is 3.24. The minimum Gasteiger partial charge on any atom is -0.376 e. The van der Waals surface area contributed by atoms with Gasteiger partial charge in [-0.15, -0.1) is 0 Å². The molecule has 6 heteroatoms. The number of Topliss-reactive ketones (excluding diaryl/α,β-unsaturated/α-hetero) is 1. The Hall–Kier alpha value is -2.44. The van der Waals surface area contributed by atoms with Crippen LogP contribution in [0, 0.1) is 13.8 Å². The van der Waals surface area contributed by atoms with Gasteiger partial charge in [0.1, 0.15) is 0 Å². The van der Waals surface area contributed by atoms with Gasteiger partial charge in [-0.3, -0.25) is 9.59 Å².